The van der Waals surface area contributed by atoms with Gasteiger partial charge in [0.15, 0.2) is 0 Å². The molecule has 1 heterocycles. The van der Waals surface area contributed by atoms with Crippen LogP contribution in [0.25, 0.3) is 0 Å². The molecule has 1 aliphatic rings. The molecular formula is C14H21N3O3S. The molecule has 116 valence electrons. The summed E-state index contributed by atoms with van der Waals surface area (Å²) in [5.41, 5.74) is 2.84. The molecule has 0 fully saturated rings. The van der Waals surface area contributed by atoms with Gasteiger partial charge in [-0.1, -0.05) is 12.1 Å². The Bertz CT molecular complexity index is 626. The lowest BCUT2D eigenvalue weighted by Crippen LogP contribution is -2.35. The normalized spacial score (nSPS) is 14.8. The fourth-order valence-electron chi connectivity index (χ4n) is 2.32. The van der Waals surface area contributed by atoms with Crippen LogP contribution >= 0.6 is 0 Å². The largest absolute Gasteiger partial charge is 0.351 e. The first-order valence-corrected chi connectivity index (χ1v) is 8.52. The van der Waals surface area contributed by atoms with Crippen molar-refractivity contribution < 1.29 is 13.2 Å². The number of fused-ring (bicyclic) bond motifs is 1. The van der Waals surface area contributed by atoms with Crippen molar-refractivity contribution in [2.24, 2.45) is 0 Å². The molecule has 7 heteroatoms. The second-order valence-electron chi connectivity index (χ2n) is 5.22. The number of carbonyl (C=O) groups excluding carboxylic acids is 1. The second-order valence-corrected chi connectivity index (χ2v) is 7.53. The Morgan fingerprint density at radius 1 is 1.38 bits per heavy atom. The maximum atomic E-state index is 12.2. The summed E-state index contributed by atoms with van der Waals surface area (Å²) < 4.78 is 24.5. The Morgan fingerprint density at radius 2 is 2.14 bits per heavy atom. The van der Waals surface area contributed by atoms with Gasteiger partial charge in [0.05, 0.1) is 5.75 Å². The summed E-state index contributed by atoms with van der Waals surface area (Å²) in [6.07, 6.45) is 0.814. The molecule has 0 radical (unpaired) electrons. The highest BCUT2D eigenvalue weighted by atomic mass is 32.2. The summed E-state index contributed by atoms with van der Waals surface area (Å²) in [6, 6.07) is 5.66. The van der Waals surface area contributed by atoms with E-state index in [1.165, 1.54) is 14.1 Å². The molecule has 2 N–H and O–H groups in total. The van der Waals surface area contributed by atoms with Gasteiger partial charge in [-0.25, -0.2) is 12.7 Å². The summed E-state index contributed by atoms with van der Waals surface area (Å²) >= 11 is 0. The minimum absolute atomic E-state index is 0.0949. The lowest BCUT2D eigenvalue weighted by atomic mass is 9.95. The molecule has 1 amide bonds. The zero-order valence-corrected chi connectivity index (χ0v) is 13.2. The molecule has 1 aromatic rings. The van der Waals surface area contributed by atoms with Gasteiger partial charge >= 0.3 is 0 Å². The molecular weight excluding hydrogens is 290 g/mol. The number of carbonyl (C=O) groups is 1. The molecule has 21 heavy (non-hydrogen) atoms. The Balaban J connectivity index is 2.02. The summed E-state index contributed by atoms with van der Waals surface area (Å²) in [6.45, 7) is 1.74. The number of nitrogens with one attached hydrogen (secondary N) is 2. The smallest absolute Gasteiger partial charge is 0.251 e. The van der Waals surface area contributed by atoms with Crippen molar-refractivity contribution in [1.82, 2.24) is 14.9 Å². The number of benzene rings is 1. The summed E-state index contributed by atoms with van der Waals surface area (Å²) in [5.74, 6) is -0.301. The van der Waals surface area contributed by atoms with Gasteiger partial charge in [0.2, 0.25) is 10.0 Å². The maximum absolute atomic E-state index is 12.2. The van der Waals surface area contributed by atoms with E-state index >= 15 is 0 Å². The van der Waals surface area contributed by atoms with Crippen LogP contribution in [0.1, 0.15) is 21.5 Å². The van der Waals surface area contributed by atoms with Gasteiger partial charge in [-0.05, 0) is 30.2 Å². The molecule has 6 nitrogen and oxygen atoms in total. The first-order chi connectivity index (χ1) is 9.92. The Hall–Kier alpha value is -1.44. The van der Waals surface area contributed by atoms with Crippen molar-refractivity contribution in [2.75, 3.05) is 32.9 Å². The van der Waals surface area contributed by atoms with E-state index in [4.69, 9.17) is 0 Å². The third kappa shape index (κ3) is 3.81. The number of rotatable bonds is 5. The molecule has 0 spiro atoms. The van der Waals surface area contributed by atoms with Gasteiger partial charge in [0.25, 0.3) is 5.91 Å². The minimum atomic E-state index is -3.28. The van der Waals surface area contributed by atoms with Crippen LogP contribution in [0.5, 0.6) is 0 Å². The van der Waals surface area contributed by atoms with E-state index in [-0.39, 0.29) is 18.2 Å². The molecule has 1 aromatic carbocycles. The average Bonchev–Trinajstić information content (AvgIpc) is 2.46. The number of sulfonamides is 1. The van der Waals surface area contributed by atoms with Gasteiger partial charge in [-0.3, -0.25) is 4.79 Å². The molecule has 1 aliphatic heterocycles. The van der Waals surface area contributed by atoms with E-state index in [9.17, 15) is 13.2 Å². The number of hydrogen-bond acceptors (Lipinski definition) is 4. The van der Waals surface area contributed by atoms with Gasteiger partial charge in [0, 0.05) is 32.7 Å². The van der Waals surface area contributed by atoms with Crippen LogP contribution in [0.4, 0.5) is 0 Å². The first kappa shape index (κ1) is 15.9. The zero-order chi connectivity index (χ0) is 15.5. The summed E-state index contributed by atoms with van der Waals surface area (Å²) in [4.78, 5) is 12.2. The van der Waals surface area contributed by atoms with Crippen LogP contribution in [-0.4, -0.2) is 51.6 Å². The maximum Gasteiger partial charge on any atom is 0.251 e. The molecule has 0 bridgehead atoms. The molecule has 2 rings (SSSR count). The van der Waals surface area contributed by atoms with E-state index in [2.05, 4.69) is 10.6 Å². The van der Waals surface area contributed by atoms with E-state index in [1.807, 2.05) is 12.1 Å². The van der Waals surface area contributed by atoms with Gasteiger partial charge in [-0.15, -0.1) is 0 Å². The molecule has 0 saturated carbocycles. The first-order valence-electron chi connectivity index (χ1n) is 6.91. The van der Waals surface area contributed by atoms with Crippen LogP contribution < -0.4 is 10.6 Å². The molecule has 0 aromatic heterocycles. The minimum Gasteiger partial charge on any atom is -0.351 e. The molecule has 0 saturated heterocycles. The Morgan fingerprint density at radius 3 is 2.86 bits per heavy atom. The lowest BCUT2D eigenvalue weighted by Gasteiger charge is -2.20. The number of amides is 1. The molecule has 0 unspecified atom stereocenters. The predicted molar refractivity (Wildman–Crippen MR) is 81.7 cm³/mol. The van der Waals surface area contributed by atoms with Gasteiger partial charge in [0.1, 0.15) is 0 Å². The van der Waals surface area contributed by atoms with Crippen molar-refractivity contribution in [2.45, 2.75) is 13.0 Å². The second kappa shape index (κ2) is 6.55. The van der Waals surface area contributed by atoms with Crippen LogP contribution in [-0.2, 0) is 23.0 Å². The summed E-state index contributed by atoms with van der Waals surface area (Å²) in [7, 11) is -0.317. The van der Waals surface area contributed by atoms with Gasteiger partial charge < -0.3 is 10.6 Å². The standard InChI is InChI=1S/C14H21N3O3S/c1-17(2)21(19,20)9-8-16-14(18)13-5-3-4-11-10-15-7-6-12(11)13/h3-5,15H,6-10H2,1-2H3,(H,16,18). The third-order valence-corrected chi connectivity index (χ3v) is 5.42. The SMILES string of the molecule is CN(C)S(=O)(=O)CCNC(=O)c1cccc2c1CCNC2. The highest BCUT2D eigenvalue weighted by molar-refractivity contribution is 7.89. The van der Waals surface area contributed by atoms with Crippen LogP contribution in [0, 0.1) is 0 Å². The molecule has 0 aliphatic carbocycles. The van der Waals surface area contributed by atoms with E-state index in [0.717, 1.165) is 34.9 Å². The summed E-state index contributed by atoms with van der Waals surface area (Å²) in [5, 5.41) is 5.96. The predicted octanol–water partition coefficient (Wildman–Crippen LogP) is -0.0465. The average molecular weight is 311 g/mol. The molecule has 0 atom stereocenters. The van der Waals surface area contributed by atoms with Crippen molar-refractivity contribution in [1.29, 1.82) is 0 Å². The Kier molecular flexibility index (Phi) is 4.97. The fourth-order valence-corrected chi connectivity index (χ4v) is 3.04. The third-order valence-electron chi connectivity index (χ3n) is 3.59. The lowest BCUT2D eigenvalue weighted by molar-refractivity contribution is 0.0955. The highest BCUT2D eigenvalue weighted by Crippen LogP contribution is 2.18. The van der Waals surface area contributed by atoms with E-state index < -0.39 is 10.0 Å². The van der Waals surface area contributed by atoms with Crippen LogP contribution in [0.2, 0.25) is 0 Å². The van der Waals surface area contributed by atoms with Crippen molar-refractivity contribution >= 4 is 15.9 Å². The van der Waals surface area contributed by atoms with Gasteiger partial charge in [-0.2, -0.15) is 0 Å². The Labute approximate surface area is 125 Å². The monoisotopic (exact) mass is 311 g/mol. The van der Waals surface area contributed by atoms with Crippen LogP contribution in [0.15, 0.2) is 18.2 Å². The topological polar surface area (TPSA) is 78.5 Å². The quantitative estimate of drug-likeness (QED) is 0.799. The van der Waals surface area contributed by atoms with Crippen molar-refractivity contribution in [3.8, 4) is 0 Å². The van der Waals surface area contributed by atoms with E-state index in [1.54, 1.807) is 6.07 Å². The van der Waals surface area contributed by atoms with E-state index in [0.29, 0.717) is 5.56 Å². The number of nitrogens with zero attached hydrogens (tertiary/aromatic N) is 1. The van der Waals surface area contributed by atoms with Crippen molar-refractivity contribution in [3.05, 3.63) is 34.9 Å². The van der Waals surface area contributed by atoms with Crippen molar-refractivity contribution in [3.63, 3.8) is 0 Å². The number of hydrogen-bond donors (Lipinski definition) is 2. The fraction of sp³-hybridized carbons (Fsp3) is 0.500. The highest BCUT2D eigenvalue weighted by Gasteiger charge is 2.18. The zero-order valence-electron chi connectivity index (χ0n) is 12.3. The van der Waals surface area contributed by atoms with Crippen LogP contribution in [0.3, 0.4) is 0 Å².